The van der Waals surface area contributed by atoms with Crippen molar-refractivity contribution in [3.05, 3.63) is 0 Å². The van der Waals surface area contributed by atoms with Gasteiger partial charge in [-0.3, -0.25) is 4.90 Å². The van der Waals surface area contributed by atoms with Gasteiger partial charge in [0.25, 0.3) is 0 Å². The van der Waals surface area contributed by atoms with Crippen LogP contribution in [-0.2, 0) is 0 Å². The van der Waals surface area contributed by atoms with Crippen molar-refractivity contribution in [2.24, 2.45) is 0 Å². The van der Waals surface area contributed by atoms with Crippen molar-refractivity contribution in [3.63, 3.8) is 0 Å². The first-order valence-corrected chi connectivity index (χ1v) is 7.28. The van der Waals surface area contributed by atoms with Gasteiger partial charge in [0.2, 0.25) is 0 Å². The van der Waals surface area contributed by atoms with Crippen LogP contribution in [-0.4, -0.2) is 48.6 Å². The Bertz CT molecular complexity index is 142. The summed E-state index contributed by atoms with van der Waals surface area (Å²) in [7, 11) is 0. The molecular formula is C14H32N2. The Kier molecular flexibility index (Phi) is 10.0. The molecule has 1 aliphatic rings. The molecule has 0 N–H and O–H groups in total. The van der Waals surface area contributed by atoms with Gasteiger partial charge < -0.3 is 4.90 Å². The molecule has 1 fully saturated rings. The van der Waals surface area contributed by atoms with Crippen LogP contribution < -0.4 is 0 Å². The summed E-state index contributed by atoms with van der Waals surface area (Å²) in [5.41, 5.74) is 0. The van der Waals surface area contributed by atoms with Gasteiger partial charge in [0, 0.05) is 12.6 Å². The van der Waals surface area contributed by atoms with E-state index in [-0.39, 0.29) is 0 Å². The lowest BCUT2D eigenvalue weighted by Crippen LogP contribution is -2.38. The summed E-state index contributed by atoms with van der Waals surface area (Å²) in [6.07, 6.45) is 3.97. The molecule has 0 radical (unpaired) electrons. The lowest BCUT2D eigenvalue weighted by Gasteiger charge is -2.28. The minimum atomic E-state index is 0.842. The van der Waals surface area contributed by atoms with Gasteiger partial charge in [-0.1, -0.05) is 34.6 Å². The number of hydrogen-bond donors (Lipinski definition) is 0. The lowest BCUT2D eigenvalue weighted by molar-refractivity contribution is 0.194. The van der Waals surface area contributed by atoms with Gasteiger partial charge in [-0.25, -0.2) is 0 Å². The number of likely N-dealkylation sites (tertiary alicyclic amines) is 1. The van der Waals surface area contributed by atoms with Crippen LogP contribution in [0.1, 0.15) is 53.9 Å². The largest absolute Gasteiger partial charge is 0.302 e. The standard InChI is InChI=1S/C12H26N2.C2H6/c1-4-8-14(9-5-2)12-7-10-13(6-3)11-12;1-2/h12H,4-11H2,1-3H3;1-2H3. The first-order valence-electron chi connectivity index (χ1n) is 7.28. The first-order chi connectivity index (χ1) is 7.81. The van der Waals surface area contributed by atoms with E-state index in [4.69, 9.17) is 0 Å². The van der Waals surface area contributed by atoms with Crippen LogP contribution in [0, 0.1) is 0 Å². The molecule has 2 heteroatoms. The van der Waals surface area contributed by atoms with E-state index >= 15 is 0 Å². The second-order valence-electron chi connectivity index (χ2n) is 4.37. The van der Waals surface area contributed by atoms with Crippen molar-refractivity contribution in [1.82, 2.24) is 9.80 Å². The topological polar surface area (TPSA) is 6.48 Å². The molecule has 0 aromatic heterocycles. The Morgan fingerprint density at radius 1 is 1.06 bits per heavy atom. The summed E-state index contributed by atoms with van der Waals surface area (Å²) in [6, 6.07) is 0.842. The number of hydrogen-bond acceptors (Lipinski definition) is 2. The average molecular weight is 228 g/mol. The highest BCUT2D eigenvalue weighted by atomic mass is 15.2. The van der Waals surface area contributed by atoms with E-state index in [9.17, 15) is 0 Å². The molecule has 0 aromatic carbocycles. The number of nitrogens with zero attached hydrogens (tertiary/aromatic N) is 2. The molecule has 1 unspecified atom stereocenters. The SMILES string of the molecule is CC.CCCN(CCC)C1CCN(CC)C1. The Morgan fingerprint density at radius 2 is 1.62 bits per heavy atom. The molecule has 1 rings (SSSR count). The Hall–Kier alpha value is -0.0800. The van der Waals surface area contributed by atoms with Gasteiger partial charge in [0.15, 0.2) is 0 Å². The Morgan fingerprint density at radius 3 is 2.00 bits per heavy atom. The molecular weight excluding hydrogens is 196 g/mol. The quantitative estimate of drug-likeness (QED) is 0.689. The maximum Gasteiger partial charge on any atom is 0.0235 e. The summed E-state index contributed by atoms with van der Waals surface area (Å²) in [5.74, 6) is 0. The average Bonchev–Trinajstić information content (AvgIpc) is 2.80. The van der Waals surface area contributed by atoms with E-state index < -0.39 is 0 Å². The van der Waals surface area contributed by atoms with E-state index in [2.05, 4.69) is 30.6 Å². The van der Waals surface area contributed by atoms with E-state index in [1.54, 1.807) is 0 Å². The molecule has 16 heavy (non-hydrogen) atoms. The first kappa shape index (κ1) is 15.9. The highest BCUT2D eigenvalue weighted by Gasteiger charge is 2.25. The minimum absolute atomic E-state index is 0.842. The van der Waals surface area contributed by atoms with Gasteiger partial charge in [0.1, 0.15) is 0 Å². The molecule has 1 aliphatic heterocycles. The van der Waals surface area contributed by atoms with Crippen LogP contribution in [0.15, 0.2) is 0 Å². The summed E-state index contributed by atoms with van der Waals surface area (Å²) >= 11 is 0. The van der Waals surface area contributed by atoms with Gasteiger partial charge in [-0.05, 0) is 45.4 Å². The molecule has 0 amide bonds. The third-order valence-electron chi connectivity index (χ3n) is 3.23. The van der Waals surface area contributed by atoms with Crippen molar-refractivity contribution in [1.29, 1.82) is 0 Å². The zero-order chi connectivity index (χ0) is 12.4. The van der Waals surface area contributed by atoms with Crippen LogP contribution in [0.5, 0.6) is 0 Å². The number of likely N-dealkylation sites (N-methyl/N-ethyl adjacent to an activating group) is 1. The molecule has 2 nitrogen and oxygen atoms in total. The fraction of sp³-hybridized carbons (Fsp3) is 1.00. The van der Waals surface area contributed by atoms with Gasteiger partial charge in [0.05, 0.1) is 0 Å². The number of rotatable bonds is 6. The van der Waals surface area contributed by atoms with E-state index in [0.29, 0.717) is 0 Å². The Labute approximate surface area is 103 Å². The van der Waals surface area contributed by atoms with Crippen molar-refractivity contribution in [2.75, 3.05) is 32.7 Å². The summed E-state index contributed by atoms with van der Waals surface area (Å²) in [4.78, 5) is 5.26. The van der Waals surface area contributed by atoms with Crippen LogP contribution in [0.2, 0.25) is 0 Å². The minimum Gasteiger partial charge on any atom is -0.302 e. The Balaban J connectivity index is 0.00000106. The molecule has 0 spiro atoms. The third-order valence-corrected chi connectivity index (χ3v) is 3.23. The maximum atomic E-state index is 2.69. The van der Waals surface area contributed by atoms with Gasteiger partial charge >= 0.3 is 0 Å². The molecule has 98 valence electrons. The highest BCUT2D eigenvalue weighted by Crippen LogP contribution is 2.15. The van der Waals surface area contributed by atoms with Crippen LogP contribution in [0.4, 0.5) is 0 Å². The zero-order valence-electron chi connectivity index (χ0n) is 12.1. The molecule has 0 aromatic rings. The fourth-order valence-corrected chi connectivity index (χ4v) is 2.45. The van der Waals surface area contributed by atoms with Gasteiger partial charge in [-0.15, -0.1) is 0 Å². The van der Waals surface area contributed by atoms with E-state index in [0.717, 1.165) is 6.04 Å². The van der Waals surface area contributed by atoms with Crippen LogP contribution >= 0.6 is 0 Å². The third kappa shape index (κ3) is 5.31. The van der Waals surface area contributed by atoms with Crippen LogP contribution in [0.3, 0.4) is 0 Å². The smallest absolute Gasteiger partial charge is 0.0235 e. The second kappa shape index (κ2) is 10.1. The predicted octanol–water partition coefficient (Wildman–Crippen LogP) is 3.23. The van der Waals surface area contributed by atoms with Crippen molar-refractivity contribution in [2.45, 2.75) is 59.9 Å². The molecule has 0 bridgehead atoms. The molecule has 1 atom stereocenters. The van der Waals surface area contributed by atoms with Crippen molar-refractivity contribution >= 4 is 0 Å². The molecule has 1 saturated heterocycles. The van der Waals surface area contributed by atoms with Gasteiger partial charge in [-0.2, -0.15) is 0 Å². The molecule has 0 aliphatic carbocycles. The summed E-state index contributed by atoms with van der Waals surface area (Å²) < 4.78 is 0. The fourth-order valence-electron chi connectivity index (χ4n) is 2.45. The van der Waals surface area contributed by atoms with Crippen molar-refractivity contribution < 1.29 is 0 Å². The molecule has 0 saturated carbocycles. The monoisotopic (exact) mass is 228 g/mol. The van der Waals surface area contributed by atoms with Crippen LogP contribution in [0.25, 0.3) is 0 Å². The van der Waals surface area contributed by atoms with E-state index in [1.807, 2.05) is 13.8 Å². The highest BCUT2D eigenvalue weighted by molar-refractivity contribution is 4.82. The summed E-state index contributed by atoms with van der Waals surface area (Å²) in [5, 5.41) is 0. The normalized spacial score (nSPS) is 21.0. The van der Waals surface area contributed by atoms with Crippen molar-refractivity contribution in [3.8, 4) is 0 Å². The predicted molar refractivity (Wildman–Crippen MR) is 74.0 cm³/mol. The van der Waals surface area contributed by atoms with E-state index in [1.165, 1.54) is 52.0 Å². The zero-order valence-corrected chi connectivity index (χ0v) is 12.1. The maximum absolute atomic E-state index is 2.69. The second-order valence-corrected chi connectivity index (χ2v) is 4.37. The summed E-state index contributed by atoms with van der Waals surface area (Å²) in [6.45, 7) is 17.3. The lowest BCUT2D eigenvalue weighted by atomic mass is 10.2. The molecule has 1 heterocycles.